The molecule has 4 rings (SSSR count). The summed E-state index contributed by atoms with van der Waals surface area (Å²) in [5.74, 6) is -0.470. The maximum Gasteiger partial charge on any atom is 0.344 e. The van der Waals surface area contributed by atoms with Crippen LogP contribution in [0.5, 0.6) is 0 Å². The monoisotopic (exact) mass is 406 g/mol. The van der Waals surface area contributed by atoms with Crippen molar-refractivity contribution >= 4 is 17.6 Å². The van der Waals surface area contributed by atoms with E-state index in [0.717, 1.165) is 32.4 Å². The topological polar surface area (TPSA) is 55.6 Å². The van der Waals surface area contributed by atoms with Gasteiger partial charge in [0.1, 0.15) is 22.8 Å². The molecule has 0 N–H and O–H groups in total. The molecule has 0 bridgehead atoms. The lowest BCUT2D eigenvalue weighted by Crippen LogP contribution is -2.49. The second kappa shape index (κ2) is 8.21. The van der Waals surface area contributed by atoms with E-state index in [0.29, 0.717) is 24.3 Å². The third kappa shape index (κ3) is 3.67. The quantitative estimate of drug-likeness (QED) is 0.678. The third-order valence-electron chi connectivity index (χ3n) is 5.92. The Morgan fingerprint density at radius 2 is 2.14 bits per heavy atom. The van der Waals surface area contributed by atoms with Gasteiger partial charge in [-0.05, 0) is 57.8 Å². The van der Waals surface area contributed by atoms with Crippen LogP contribution < -0.4 is 0 Å². The second-order valence-corrected chi connectivity index (χ2v) is 8.07. The van der Waals surface area contributed by atoms with Crippen molar-refractivity contribution in [3.05, 3.63) is 40.4 Å². The molecule has 2 saturated heterocycles. The van der Waals surface area contributed by atoms with Crippen LogP contribution in [0.15, 0.2) is 22.7 Å². The molecule has 1 aromatic carbocycles. The summed E-state index contributed by atoms with van der Waals surface area (Å²) in [5, 5.41) is 4.05. The molecule has 2 aromatic rings. The van der Waals surface area contributed by atoms with Gasteiger partial charge in [-0.25, -0.2) is 9.18 Å². The lowest BCUT2D eigenvalue weighted by Gasteiger charge is -2.44. The number of benzene rings is 1. The van der Waals surface area contributed by atoms with Gasteiger partial charge in [-0.2, -0.15) is 0 Å². The van der Waals surface area contributed by atoms with Gasteiger partial charge < -0.3 is 9.26 Å². The first-order chi connectivity index (χ1) is 13.6. The standard InChI is InChI=1S/C21H24ClFN2O3/c1-13-18(20(24-28-13)19-15(22)7-4-8-16(19)23)21(26)27-12-14-6-5-11-25-10-3-2-9-17(14)25/h4,7-8,14,17H,2-3,5-6,9-12H2,1H3/t14-,17+/m0/s1. The highest BCUT2D eigenvalue weighted by Crippen LogP contribution is 2.35. The van der Waals surface area contributed by atoms with E-state index in [1.54, 1.807) is 13.0 Å². The molecule has 0 amide bonds. The first-order valence-corrected chi connectivity index (χ1v) is 10.3. The Balaban J connectivity index is 1.52. The predicted octanol–water partition coefficient (Wildman–Crippen LogP) is 4.86. The Bertz CT molecular complexity index is 847. The minimum Gasteiger partial charge on any atom is -0.462 e. The molecule has 7 heteroatoms. The van der Waals surface area contributed by atoms with E-state index in [1.165, 1.54) is 25.0 Å². The van der Waals surface area contributed by atoms with Crippen LogP contribution in [0.3, 0.4) is 0 Å². The molecule has 0 spiro atoms. The molecule has 3 heterocycles. The summed E-state index contributed by atoms with van der Waals surface area (Å²) in [6.45, 7) is 4.24. The highest BCUT2D eigenvalue weighted by atomic mass is 35.5. The van der Waals surface area contributed by atoms with Gasteiger partial charge in [0.15, 0.2) is 0 Å². The summed E-state index contributed by atoms with van der Waals surface area (Å²) in [6.07, 6.45) is 5.82. The van der Waals surface area contributed by atoms with Crippen molar-refractivity contribution < 1.29 is 18.4 Å². The van der Waals surface area contributed by atoms with Crippen molar-refractivity contribution in [1.29, 1.82) is 0 Å². The highest BCUT2D eigenvalue weighted by Gasteiger charge is 2.34. The molecule has 2 fully saturated rings. The number of carbonyl (C=O) groups excluding carboxylic acids is 1. The van der Waals surface area contributed by atoms with E-state index in [9.17, 15) is 9.18 Å². The summed E-state index contributed by atoms with van der Waals surface area (Å²) in [4.78, 5) is 15.4. The van der Waals surface area contributed by atoms with Crippen LogP contribution in [0.1, 0.15) is 48.2 Å². The Labute approximate surface area is 168 Å². The Hall–Kier alpha value is -1.92. The molecule has 5 nitrogen and oxygen atoms in total. The number of carbonyl (C=O) groups is 1. The summed E-state index contributed by atoms with van der Waals surface area (Å²) >= 11 is 6.15. The zero-order valence-corrected chi connectivity index (χ0v) is 16.7. The van der Waals surface area contributed by atoms with Crippen LogP contribution in [0.25, 0.3) is 11.3 Å². The molecule has 150 valence electrons. The van der Waals surface area contributed by atoms with Crippen LogP contribution in [0, 0.1) is 18.7 Å². The van der Waals surface area contributed by atoms with Crippen LogP contribution in [0.4, 0.5) is 4.39 Å². The van der Waals surface area contributed by atoms with Gasteiger partial charge in [-0.15, -0.1) is 0 Å². The molecule has 2 aliphatic heterocycles. The normalized spacial score (nSPS) is 22.7. The Morgan fingerprint density at radius 1 is 1.32 bits per heavy atom. The first-order valence-electron chi connectivity index (χ1n) is 9.88. The lowest BCUT2D eigenvalue weighted by molar-refractivity contribution is 0.00733. The van der Waals surface area contributed by atoms with Gasteiger partial charge in [0.2, 0.25) is 0 Å². The first kappa shape index (κ1) is 19.4. The molecule has 1 aromatic heterocycles. The zero-order chi connectivity index (χ0) is 19.7. The van der Waals surface area contributed by atoms with Gasteiger partial charge in [-0.3, -0.25) is 4.90 Å². The van der Waals surface area contributed by atoms with E-state index in [1.807, 2.05) is 0 Å². The number of hydrogen-bond donors (Lipinski definition) is 0. The molecule has 28 heavy (non-hydrogen) atoms. The van der Waals surface area contributed by atoms with Gasteiger partial charge in [0.05, 0.1) is 17.2 Å². The summed E-state index contributed by atoms with van der Waals surface area (Å²) in [6, 6.07) is 4.82. The third-order valence-corrected chi connectivity index (χ3v) is 6.24. The number of fused-ring (bicyclic) bond motifs is 1. The van der Waals surface area contributed by atoms with Crippen molar-refractivity contribution in [1.82, 2.24) is 10.1 Å². The average Bonchev–Trinajstić information content (AvgIpc) is 3.07. The van der Waals surface area contributed by atoms with E-state index in [4.69, 9.17) is 20.9 Å². The van der Waals surface area contributed by atoms with Crippen LogP contribution >= 0.6 is 11.6 Å². The number of aromatic nitrogens is 1. The number of esters is 1. The van der Waals surface area contributed by atoms with E-state index in [2.05, 4.69) is 10.1 Å². The van der Waals surface area contributed by atoms with Crippen LogP contribution in [-0.2, 0) is 4.74 Å². The summed E-state index contributed by atoms with van der Waals surface area (Å²) in [7, 11) is 0. The average molecular weight is 407 g/mol. The van der Waals surface area contributed by atoms with Gasteiger partial charge in [-0.1, -0.05) is 29.2 Å². The SMILES string of the molecule is Cc1onc(-c2c(F)cccc2Cl)c1C(=O)OC[C@@H]1CCCN2CCCC[C@H]12. The molecular formula is C21H24ClFN2O3. The number of halogens is 2. The van der Waals surface area contributed by atoms with Crippen molar-refractivity contribution in [3.8, 4) is 11.3 Å². The molecule has 0 saturated carbocycles. The molecule has 0 unspecified atom stereocenters. The van der Waals surface area contributed by atoms with Gasteiger partial charge in [0, 0.05) is 12.0 Å². The fraction of sp³-hybridized carbons (Fsp3) is 0.524. The van der Waals surface area contributed by atoms with Crippen molar-refractivity contribution in [2.45, 2.75) is 45.1 Å². The summed E-state index contributed by atoms with van der Waals surface area (Å²) in [5.41, 5.74) is 0.293. The number of piperidine rings is 2. The number of rotatable bonds is 4. The molecule has 0 aliphatic carbocycles. The predicted molar refractivity (Wildman–Crippen MR) is 104 cm³/mol. The molecular weight excluding hydrogens is 383 g/mol. The molecule has 2 aliphatic rings. The lowest BCUT2D eigenvalue weighted by atomic mass is 9.84. The minimum absolute atomic E-state index is 0.0593. The number of hydrogen-bond acceptors (Lipinski definition) is 5. The Morgan fingerprint density at radius 3 is 2.96 bits per heavy atom. The van der Waals surface area contributed by atoms with Crippen LogP contribution in [0.2, 0.25) is 5.02 Å². The maximum atomic E-state index is 14.3. The van der Waals surface area contributed by atoms with E-state index in [-0.39, 0.29) is 21.8 Å². The van der Waals surface area contributed by atoms with Gasteiger partial charge in [0.25, 0.3) is 0 Å². The Kier molecular flexibility index (Phi) is 5.69. The van der Waals surface area contributed by atoms with Crippen LogP contribution in [-0.4, -0.2) is 41.8 Å². The number of nitrogens with zero attached hydrogens (tertiary/aromatic N) is 2. The van der Waals surface area contributed by atoms with Crippen molar-refractivity contribution in [2.24, 2.45) is 5.92 Å². The fourth-order valence-electron chi connectivity index (χ4n) is 4.53. The fourth-order valence-corrected chi connectivity index (χ4v) is 4.79. The van der Waals surface area contributed by atoms with Crippen molar-refractivity contribution in [2.75, 3.05) is 19.7 Å². The smallest absolute Gasteiger partial charge is 0.344 e. The number of aryl methyl sites for hydroxylation is 1. The minimum atomic E-state index is -0.556. The van der Waals surface area contributed by atoms with Gasteiger partial charge >= 0.3 is 5.97 Å². The van der Waals surface area contributed by atoms with E-state index < -0.39 is 11.8 Å². The van der Waals surface area contributed by atoms with Crippen molar-refractivity contribution in [3.63, 3.8) is 0 Å². The largest absolute Gasteiger partial charge is 0.462 e. The maximum absolute atomic E-state index is 14.3. The number of ether oxygens (including phenoxy) is 1. The molecule has 2 atom stereocenters. The molecule has 0 radical (unpaired) electrons. The second-order valence-electron chi connectivity index (χ2n) is 7.66. The highest BCUT2D eigenvalue weighted by molar-refractivity contribution is 6.33. The summed E-state index contributed by atoms with van der Waals surface area (Å²) < 4.78 is 25.2. The van der Waals surface area contributed by atoms with E-state index >= 15 is 0 Å². The zero-order valence-electron chi connectivity index (χ0n) is 15.9.